The summed E-state index contributed by atoms with van der Waals surface area (Å²) in [4.78, 5) is 0. The fourth-order valence-electron chi connectivity index (χ4n) is 4.11. The molecule has 0 aliphatic heterocycles. The Bertz CT molecular complexity index is 722. The summed E-state index contributed by atoms with van der Waals surface area (Å²) in [6.07, 6.45) is 6.11. The van der Waals surface area contributed by atoms with E-state index < -0.39 is 16.9 Å². The zero-order valence-corrected chi connectivity index (χ0v) is 19.1. The van der Waals surface area contributed by atoms with Crippen molar-refractivity contribution in [1.82, 2.24) is 3.80 Å². The Labute approximate surface area is 155 Å². The van der Waals surface area contributed by atoms with E-state index >= 15 is 0 Å². The fourth-order valence-corrected chi connectivity index (χ4v) is 17.7. The molecule has 1 aromatic carbocycles. The molecule has 0 heterocycles. The molecule has 0 spiro atoms. The van der Waals surface area contributed by atoms with Gasteiger partial charge in [-0.1, -0.05) is 0 Å². The number of aryl methyl sites for hydroxylation is 2. The summed E-state index contributed by atoms with van der Waals surface area (Å²) in [6.45, 7) is 16.9. The van der Waals surface area contributed by atoms with E-state index in [1.807, 2.05) is 0 Å². The second kappa shape index (κ2) is 6.87. The predicted molar refractivity (Wildman–Crippen MR) is 104 cm³/mol. The minimum atomic E-state index is -1.44. The minimum absolute atomic E-state index is 0.232. The summed E-state index contributed by atoms with van der Waals surface area (Å²) >= 11 is -1.44. The Balaban J connectivity index is 2.11. The van der Waals surface area contributed by atoms with Crippen LogP contribution in [0, 0.1) is 0 Å². The molecule has 1 atom stereocenters. The summed E-state index contributed by atoms with van der Waals surface area (Å²) in [5, 5.41) is 0. The first-order chi connectivity index (χ1) is 11.2. The average molecular weight is 375 g/mol. The Morgan fingerprint density at radius 1 is 1.17 bits per heavy atom. The SMILES string of the molecule is CC1=Cc2cc3c(cc2[CH]1[Ti]([NH]C(C)(C)C)=[Si](C)C(C)C)CCC3. The van der Waals surface area contributed by atoms with Crippen LogP contribution in [0.4, 0.5) is 0 Å². The molecular formula is C21H33NSiTi. The van der Waals surface area contributed by atoms with Gasteiger partial charge in [-0.15, -0.1) is 0 Å². The van der Waals surface area contributed by atoms with Crippen LogP contribution in [0.1, 0.15) is 74.4 Å². The number of nitrogens with one attached hydrogen (secondary N) is 1. The third-order valence-electron chi connectivity index (χ3n) is 5.54. The number of hydrogen-bond acceptors (Lipinski definition) is 1. The Kier molecular flexibility index (Phi) is 5.33. The summed E-state index contributed by atoms with van der Waals surface area (Å²) in [6, 6.07) is 5.12. The number of allylic oxidation sites excluding steroid dienone is 1. The van der Waals surface area contributed by atoms with Crippen LogP contribution in [-0.2, 0) is 29.7 Å². The van der Waals surface area contributed by atoms with Gasteiger partial charge >= 0.3 is 156 Å². The Morgan fingerprint density at radius 3 is 2.38 bits per heavy atom. The summed E-state index contributed by atoms with van der Waals surface area (Å²) in [7, 11) is 0. The molecule has 130 valence electrons. The molecule has 2 aliphatic carbocycles. The number of hydrogen-bond donors (Lipinski definition) is 1. The molecular weight excluding hydrogens is 342 g/mol. The molecule has 0 fully saturated rings. The molecule has 0 saturated heterocycles. The van der Waals surface area contributed by atoms with Crippen LogP contribution >= 0.6 is 0 Å². The molecule has 0 aromatic heterocycles. The van der Waals surface area contributed by atoms with E-state index in [1.165, 1.54) is 24.8 Å². The maximum absolute atomic E-state index is 4.19. The second-order valence-corrected chi connectivity index (χ2v) is 20.1. The second-order valence-electron chi connectivity index (χ2n) is 9.05. The van der Waals surface area contributed by atoms with Crippen molar-refractivity contribution in [3.05, 3.63) is 40.0 Å². The van der Waals surface area contributed by atoms with Crippen molar-refractivity contribution in [2.45, 2.75) is 82.7 Å². The van der Waals surface area contributed by atoms with Gasteiger partial charge in [-0.3, -0.25) is 0 Å². The topological polar surface area (TPSA) is 12.0 Å². The normalized spacial score (nSPS) is 20.8. The van der Waals surface area contributed by atoms with Crippen molar-refractivity contribution < 1.29 is 16.9 Å². The van der Waals surface area contributed by atoms with E-state index in [-0.39, 0.29) is 11.7 Å². The van der Waals surface area contributed by atoms with E-state index in [1.54, 1.807) is 22.3 Å². The molecule has 24 heavy (non-hydrogen) atoms. The van der Waals surface area contributed by atoms with E-state index in [9.17, 15) is 0 Å². The molecule has 1 aromatic rings. The van der Waals surface area contributed by atoms with Crippen molar-refractivity contribution in [1.29, 1.82) is 0 Å². The fraction of sp³-hybridized carbons (Fsp3) is 0.619. The van der Waals surface area contributed by atoms with Crippen molar-refractivity contribution in [2.24, 2.45) is 0 Å². The zero-order chi connectivity index (χ0) is 17.6. The van der Waals surface area contributed by atoms with Crippen LogP contribution in [0.3, 0.4) is 0 Å². The quantitative estimate of drug-likeness (QED) is 0.680. The van der Waals surface area contributed by atoms with Gasteiger partial charge in [0.2, 0.25) is 0 Å². The molecule has 1 unspecified atom stereocenters. The van der Waals surface area contributed by atoms with Crippen molar-refractivity contribution in [2.75, 3.05) is 0 Å². The standard InChI is InChI=1S/C13H13.C4H10N.C4H10Si.Ti/c1-9-5-12-7-10-3-2-4-11(10)8-13(12)6-9;1-4(2,3)5;1-4(2)5-3;/h5-8H,2-4H2,1H3;5H,1-3H3;4H,1-3H3;/q;-1;;+1. The summed E-state index contributed by atoms with van der Waals surface area (Å²) < 4.78 is 4.92. The van der Waals surface area contributed by atoms with Gasteiger partial charge in [-0.2, -0.15) is 0 Å². The van der Waals surface area contributed by atoms with Crippen LogP contribution in [0.5, 0.6) is 0 Å². The van der Waals surface area contributed by atoms with Gasteiger partial charge in [-0.05, 0) is 0 Å². The zero-order valence-electron chi connectivity index (χ0n) is 16.5. The molecule has 1 nitrogen and oxygen atoms in total. The molecule has 1 N–H and O–H groups in total. The average Bonchev–Trinajstić information content (AvgIpc) is 3.03. The summed E-state index contributed by atoms with van der Waals surface area (Å²) in [5.41, 5.74) is 9.19. The number of benzene rings is 1. The molecule has 3 heteroatoms. The van der Waals surface area contributed by atoms with Gasteiger partial charge in [0.15, 0.2) is 0 Å². The third-order valence-corrected chi connectivity index (χ3v) is 20.2. The van der Waals surface area contributed by atoms with Crippen LogP contribution in [-0.4, -0.2) is 11.7 Å². The Hall–Kier alpha value is -0.149. The maximum atomic E-state index is 4.19. The van der Waals surface area contributed by atoms with Gasteiger partial charge in [0.25, 0.3) is 0 Å². The number of rotatable bonds is 3. The van der Waals surface area contributed by atoms with Crippen LogP contribution in [0.25, 0.3) is 6.08 Å². The molecule has 0 radical (unpaired) electrons. The first kappa shape index (κ1) is 18.6. The van der Waals surface area contributed by atoms with Gasteiger partial charge in [0, 0.05) is 0 Å². The van der Waals surface area contributed by atoms with E-state index in [0.717, 1.165) is 9.76 Å². The molecule has 3 rings (SSSR count). The molecule has 0 saturated carbocycles. The van der Waals surface area contributed by atoms with Gasteiger partial charge in [0.05, 0.1) is 0 Å². The Morgan fingerprint density at radius 2 is 1.79 bits per heavy atom. The number of fused-ring (bicyclic) bond motifs is 2. The van der Waals surface area contributed by atoms with Crippen LogP contribution in [0.15, 0.2) is 17.7 Å². The monoisotopic (exact) mass is 375 g/mol. The van der Waals surface area contributed by atoms with Gasteiger partial charge in [0.1, 0.15) is 0 Å². The predicted octanol–water partition coefficient (Wildman–Crippen LogP) is 5.59. The third kappa shape index (κ3) is 3.67. The van der Waals surface area contributed by atoms with Crippen molar-refractivity contribution in [3.8, 4) is 0 Å². The van der Waals surface area contributed by atoms with Gasteiger partial charge < -0.3 is 0 Å². The first-order valence-corrected chi connectivity index (χ1v) is 15.6. The summed E-state index contributed by atoms with van der Waals surface area (Å²) in [5.74, 6) is 0. The van der Waals surface area contributed by atoms with Crippen LogP contribution < -0.4 is 3.80 Å². The van der Waals surface area contributed by atoms with Crippen LogP contribution in [0.2, 0.25) is 12.1 Å². The van der Waals surface area contributed by atoms with E-state index in [4.69, 9.17) is 0 Å². The molecule has 0 amide bonds. The first-order valence-electron chi connectivity index (χ1n) is 9.50. The van der Waals surface area contributed by atoms with Crippen molar-refractivity contribution in [3.63, 3.8) is 0 Å². The molecule has 0 bridgehead atoms. The van der Waals surface area contributed by atoms with E-state index in [2.05, 4.69) is 70.1 Å². The van der Waals surface area contributed by atoms with E-state index in [0.29, 0.717) is 0 Å². The molecule has 2 aliphatic rings. The van der Waals surface area contributed by atoms with Gasteiger partial charge in [-0.25, -0.2) is 0 Å². The van der Waals surface area contributed by atoms with Crippen molar-refractivity contribution >= 4 is 12.3 Å².